The number of hydrogen-bond acceptors (Lipinski definition) is 6. The second-order valence-corrected chi connectivity index (χ2v) is 5.16. The van der Waals surface area contributed by atoms with E-state index < -0.39 is 0 Å². The lowest BCUT2D eigenvalue weighted by Crippen LogP contribution is -2.38. The smallest absolute Gasteiger partial charge is 0.228 e. The summed E-state index contributed by atoms with van der Waals surface area (Å²) >= 11 is 0. The minimum absolute atomic E-state index is 0.499. The van der Waals surface area contributed by atoms with Crippen molar-refractivity contribution in [2.45, 2.75) is 33.3 Å². The van der Waals surface area contributed by atoms with E-state index in [1.807, 2.05) is 19.1 Å². The van der Waals surface area contributed by atoms with Gasteiger partial charge in [0, 0.05) is 32.7 Å². The van der Waals surface area contributed by atoms with Crippen LogP contribution in [0.25, 0.3) is 0 Å². The van der Waals surface area contributed by atoms with Crippen LogP contribution in [0, 0.1) is 6.92 Å². The van der Waals surface area contributed by atoms with Gasteiger partial charge in [0.25, 0.3) is 0 Å². The molecule has 0 atom stereocenters. The molecule has 0 fully saturated rings. The maximum Gasteiger partial charge on any atom is 0.228 e. The average molecular weight is 335 g/mol. The van der Waals surface area contributed by atoms with Gasteiger partial charge in [0.15, 0.2) is 11.8 Å². The SMILES string of the molecule is CCNC(=NCCCOCc1ccco1)NCCc1nc(C)no1. The highest BCUT2D eigenvalue weighted by Crippen LogP contribution is 2.01. The molecule has 0 aliphatic rings. The lowest BCUT2D eigenvalue weighted by Gasteiger charge is -2.10. The monoisotopic (exact) mass is 335 g/mol. The third-order valence-electron chi connectivity index (χ3n) is 3.09. The Kier molecular flexibility index (Phi) is 7.82. The summed E-state index contributed by atoms with van der Waals surface area (Å²) in [5.74, 6) is 2.90. The standard InChI is InChI=1S/C16H25N5O3/c1-3-17-16(19-9-7-15-20-13(2)21-24-15)18-8-5-10-22-12-14-6-4-11-23-14/h4,6,11H,3,5,7-10,12H2,1-2H3,(H2,17,18,19). The average Bonchev–Trinajstić information content (AvgIpc) is 3.22. The van der Waals surface area contributed by atoms with Crippen LogP contribution >= 0.6 is 0 Å². The number of guanidine groups is 1. The number of nitrogens with one attached hydrogen (secondary N) is 2. The van der Waals surface area contributed by atoms with E-state index in [9.17, 15) is 0 Å². The Labute approximate surface area is 141 Å². The minimum Gasteiger partial charge on any atom is -0.467 e. The number of aliphatic imine (C=N–C) groups is 1. The molecule has 24 heavy (non-hydrogen) atoms. The first kappa shape index (κ1) is 18.0. The van der Waals surface area contributed by atoms with E-state index in [1.165, 1.54) is 0 Å². The van der Waals surface area contributed by atoms with Gasteiger partial charge in [-0.3, -0.25) is 4.99 Å². The summed E-state index contributed by atoms with van der Waals surface area (Å²) in [6, 6.07) is 3.75. The van der Waals surface area contributed by atoms with E-state index in [0.29, 0.717) is 44.4 Å². The minimum atomic E-state index is 0.499. The van der Waals surface area contributed by atoms with Crippen molar-refractivity contribution in [1.29, 1.82) is 0 Å². The van der Waals surface area contributed by atoms with Gasteiger partial charge >= 0.3 is 0 Å². The Balaban J connectivity index is 1.60. The van der Waals surface area contributed by atoms with Gasteiger partial charge < -0.3 is 24.3 Å². The topological polar surface area (TPSA) is 97.7 Å². The zero-order valence-electron chi connectivity index (χ0n) is 14.2. The molecule has 0 spiro atoms. The Morgan fingerprint density at radius 2 is 2.29 bits per heavy atom. The Bertz CT molecular complexity index is 595. The zero-order valence-corrected chi connectivity index (χ0v) is 14.2. The fourth-order valence-electron chi connectivity index (χ4n) is 2.00. The number of aryl methyl sites for hydroxylation is 1. The van der Waals surface area contributed by atoms with E-state index in [4.69, 9.17) is 13.7 Å². The fraction of sp³-hybridized carbons (Fsp3) is 0.562. The first-order valence-corrected chi connectivity index (χ1v) is 8.19. The van der Waals surface area contributed by atoms with E-state index in [2.05, 4.69) is 25.8 Å². The molecular formula is C16H25N5O3. The predicted octanol–water partition coefficient (Wildman–Crippen LogP) is 1.68. The third kappa shape index (κ3) is 6.82. The van der Waals surface area contributed by atoms with Gasteiger partial charge in [-0.15, -0.1) is 0 Å². The van der Waals surface area contributed by atoms with E-state index in [0.717, 1.165) is 24.7 Å². The van der Waals surface area contributed by atoms with Crippen molar-refractivity contribution < 1.29 is 13.7 Å². The van der Waals surface area contributed by atoms with Gasteiger partial charge in [0.2, 0.25) is 5.89 Å². The third-order valence-corrected chi connectivity index (χ3v) is 3.09. The quantitative estimate of drug-likeness (QED) is 0.387. The molecule has 2 rings (SSSR count). The van der Waals surface area contributed by atoms with Crippen LogP contribution in [0.3, 0.4) is 0 Å². The van der Waals surface area contributed by atoms with Gasteiger partial charge in [-0.25, -0.2) is 0 Å². The van der Waals surface area contributed by atoms with Crippen LogP contribution in [0.4, 0.5) is 0 Å². The second kappa shape index (κ2) is 10.4. The van der Waals surface area contributed by atoms with E-state index in [1.54, 1.807) is 13.2 Å². The predicted molar refractivity (Wildman–Crippen MR) is 89.7 cm³/mol. The normalized spacial score (nSPS) is 11.7. The van der Waals surface area contributed by atoms with Crippen LogP contribution in [-0.2, 0) is 17.8 Å². The first-order valence-electron chi connectivity index (χ1n) is 8.19. The first-order chi connectivity index (χ1) is 11.8. The number of rotatable bonds is 10. The molecule has 2 aromatic heterocycles. The molecule has 2 aromatic rings. The molecule has 0 bridgehead atoms. The van der Waals surface area contributed by atoms with Crippen LogP contribution in [0.15, 0.2) is 32.3 Å². The van der Waals surface area contributed by atoms with Crippen molar-refractivity contribution in [1.82, 2.24) is 20.8 Å². The zero-order chi connectivity index (χ0) is 17.0. The molecule has 132 valence electrons. The lowest BCUT2D eigenvalue weighted by molar-refractivity contribution is 0.105. The number of hydrogen-bond donors (Lipinski definition) is 2. The highest BCUT2D eigenvalue weighted by atomic mass is 16.5. The van der Waals surface area contributed by atoms with Crippen molar-refractivity contribution in [2.75, 3.05) is 26.2 Å². The van der Waals surface area contributed by atoms with Gasteiger partial charge in [-0.1, -0.05) is 5.16 Å². The molecule has 0 aliphatic heterocycles. The molecule has 0 saturated heterocycles. The Hall–Kier alpha value is -2.35. The Morgan fingerprint density at radius 1 is 1.38 bits per heavy atom. The summed E-state index contributed by atoms with van der Waals surface area (Å²) in [4.78, 5) is 8.68. The maximum atomic E-state index is 5.53. The van der Waals surface area contributed by atoms with E-state index in [-0.39, 0.29) is 0 Å². The van der Waals surface area contributed by atoms with Crippen LogP contribution in [0.2, 0.25) is 0 Å². The summed E-state index contributed by atoms with van der Waals surface area (Å²) in [6.07, 6.45) is 3.16. The van der Waals surface area contributed by atoms with Crippen LogP contribution in [0.1, 0.15) is 30.8 Å². The van der Waals surface area contributed by atoms with Crippen LogP contribution in [0.5, 0.6) is 0 Å². The van der Waals surface area contributed by atoms with Crippen molar-refractivity contribution in [2.24, 2.45) is 4.99 Å². The van der Waals surface area contributed by atoms with Crippen molar-refractivity contribution in [3.8, 4) is 0 Å². The summed E-state index contributed by atoms with van der Waals surface area (Å²) in [7, 11) is 0. The molecule has 8 nitrogen and oxygen atoms in total. The fourth-order valence-corrected chi connectivity index (χ4v) is 2.00. The lowest BCUT2D eigenvalue weighted by atomic mass is 10.4. The van der Waals surface area contributed by atoms with Crippen LogP contribution in [-0.4, -0.2) is 42.3 Å². The number of aromatic nitrogens is 2. The van der Waals surface area contributed by atoms with Crippen molar-refractivity contribution in [3.63, 3.8) is 0 Å². The van der Waals surface area contributed by atoms with E-state index >= 15 is 0 Å². The largest absolute Gasteiger partial charge is 0.467 e. The molecule has 0 unspecified atom stereocenters. The maximum absolute atomic E-state index is 5.53. The van der Waals surface area contributed by atoms with Crippen molar-refractivity contribution >= 4 is 5.96 Å². The molecule has 2 heterocycles. The van der Waals surface area contributed by atoms with Crippen molar-refractivity contribution in [3.05, 3.63) is 35.9 Å². The van der Waals surface area contributed by atoms with Gasteiger partial charge in [0.05, 0.1) is 6.26 Å². The molecule has 0 amide bonds. The Morgan fingerprint density at radius 3 is 3.00 bits per heavy atom. The molecule has 8 heteroatoms. The number of nitrogens with zero attached hydrogens (tertiary/aromatic N) is 3. The summed E-state index contributed by atoms with van der Waals surface area (Å²) in [5, 5.41) is 10.2. The molecular weight excluding hydrogens is 310 g/mol. The summed E-state index contributed by atoms with van der Waals surface area (Å²) < 4.78 is 15.8. The number of ether oxygens (including phenoxy) is 1. The van der Waals surface area contributed by atoms with Gasteiger partial charge in [-0.2, -0.15) is 4.98 Å². The molecule has 0 aromatic carbocycles. The number of furan rings is 1. The molecule has 2 N–H and O–H groups in total. The van der Waals surface area contributed by atoms with Gasteiger partial charge in [-0.05, 0) is 32.4 Å². The van der Waals surface area contributed by atoms with Gasteiger partial charge in [0.1, 0.15) is 12.4 Å². The second-order valence-electron chi connectivity index (χ2n) is 5.16. The van der Waals surface area contributed by atoms with Crippen LogP contribution < -0.4 is 10.6 Å². The summed E-state index contributed by atoms with van der Waals surface area (Å²) in [5.41, 5.74) is 0. The highest BCUT2D eigenvalue weighted by Gasteiger charge is 2.03. The molecule has 0 aliphatic carbocycles. The molecule has 0 saturated carbocycles. The molecule has 0 radical (unpaired) electrons. The highest BCUT2D eigenvalue weighted by molar-refractivity contribution is 5.79. The summed E-state index contributed by atoms with van der Waals surface area (Å²) in [6.45, 7) is 7.16.